The van der Waals surface area contributed by atoms with Crippen LogP contribution in [0.5, 0.6) is 17.2 Å². The summed E-state index contributed by atoms with van der Waals surface area (Å²) < 4.78 is 33.9. The maximum atomic E-state index is 6.50. The predicted molar refractivity (Wildman–Crippen MR) is 191 cm³/mol. The Hall–Kier alpha value is -2.28. The fourth-order valence-electron chi connectivity index (χ4n) is 6.15. The Morgan fingerprint density at radius 3 is 1.86 bits per heavy atom. The summed E-state index contributed by atoms with van der Waals surface area (Å²) in [5.41, 5.74) is 4.18. The molecular formula is C37H36Br2N2O6Pd2. The Morgan fingerprint density at radius 2 is 1.24 bits per heavy atom. The Bertz CT molecular complexity index is 1880. The Balaban J connectivity index is 1.32. The molecule has 1 aliphatic carbocycles. The number of alkyl halides is 2. The van der Waals surface area contributed by atoms with Crippen LogP contribution in [-0.2, 0) is 52.6 Å². The van der Waals surface area contributed by atoms with Gasteiger partial charge in [-0.2, -0.15) is 0 Å². The van der Waals surface area contributed by atoms with E-state index in [4.69, 9.17) is 38.4 Å². The van der Waals surface area contributed by atoms with E-state index < -0.39 is 15.6 Å². The van der Waals surface area contributed by atoms with Crippen molar-refractivity contribution >= 4 is 49.2 Å². The molecule has 0 saturated heterocycles. The quantitative estimate of drug-likeness (QED) is 0.153. The van der Waals surface area contributed by atoms with Gasteiger partial charge in [0.05, 0.1) is 0 Å². The molecular weight excluding hydrogens is 941 g/mol. The van der Waals surface area contributed by atoms with E-state index in [1.807, 2.05) is 66.7 Å². The standard InChI is InChI=1S/C37H36Br2N2O6.2Pd/c1-35(21-46-33(40-35)26-13-25(16-30(17-26)44-5)23-9-7-11-28(14-23)42-3)20-36(2)22-47-34(41-36)31-18-27(19-37(39,45-6)32(31)38)24-10-8-12-29(15-24)43-4;;/h7-19,21-22,32H,20H2,1-6H3;;/t32?,35-,36-,37?;;/m1../s1. The molecule has 2 heterocycles. The van der Waals surface area contributed by atoms with Crippen LogP contribution in [0.4, 0.5) is 0 Å². The van der Waals surface area contributed by atoms with Gasteiger partial charge in [0.15, 0.2) is 0 Å². The number of allylic oxidation sites excluding steroid dienone is 2. The first-order valence-corrected chi connectivity index (χ1v) is 18.9. The maximum absolute atomic E-state index is 6.50. The molecule has 12 heteroatoms. The van der Waals surface area contributed by atoms with E-state index in [1.54, 1.807) is 28.4 Å². The van der Waals surface area contributed by atoms with Gasteiger partial charge in [0.2, 0.25) is 0 Å². The zero-order valence-corrected chi connectivity index (χ0v) is 34.0. The number of rotatable bonds is 10. The molecule has 0 aromatic heterocycles. The van der Waals surface area contributed by atoms with E-state index in [1.165, 1.54) is 0 Å². The van der Waals surface area contributed by atoms with Gasteiger partial charge in [0, 0.05) is 0 Å². The third kappa shape index (κ3) is 7.26. The van der Waals surface area contributed by atoms with Crippen molar-refractivity contribution in [3.8, 4) is 28.4 Å². The van der Waals surface area contributed by atoms with Crippen molar-refractivity contribution in [2.75, 3.05) is 28.4 Å². The molecule has 2 aliphatic heterocycles. The van der Waals surface area contributed by atoms with E-state index in [2.05, 4.69) is 96.3 Å². The number of hydrogen-bond acceptors (Lipinski definition) is 8. The molecule has 3 aliphatic rings. The van der Waals surface area contributed by atoms with Crippen LogP contribution >= 0.6 is 31.9 Å². The second kappa shape index (κ2) is 14.4. The first-order valence-electron chi connectivity index (χ1n) is 15.4. The Kier molecular flexibility index (Phi) is 10.7. The summed E-state index contributed by atoms with van der Waals surface area (Å²) >= 11 is 14.6. The van der Waals surface area contributed by atoms with E-state index in [9.17, 15) is 0 Å². The van der Waals surface area contributed by atoms with Gasteiger partial charge in [-0.15, -0.1) is 0 Å². The van der Waals surface area contributed by atoms with Crippen molar-refractivity contribution in [1.29, 1.82) is 0 Å². The molecule has 4 unspecified atom stereocenters. The van der Waals surface area contributed by atoms with Gasteiger partial charge in [-0.05, 0) is 0 Å². The Labute approximate surface area is 325 Å². The zero-order valence-electron chi connectivity index (χ0n) is 27.7. The number of nitrogens with zero attached hydrogens (tertiary/aromatic N) is 2. The summed E-state index contributed by atoms with van der Waals surface area (Å²) in [5, 5.41) is 0. The summed E-state index contributed by atoms with van der Waals surface area (Å²) in [6, 6.07) is 21.8. The molecule has 264 valence electrons. The summed E-state index contributed by atoms with van der Waals surface area (Å²) in [6.07, 6.45) is 4.64. The minimum absolute atomic E-state index is 0.294. The van der Waals surface area contributed by atoms with Gasteiger partial charge in [0.25, 0.3) is 0 Å². The first kappa shape index (κ1) is 36.5. The van der Waals surface area contributed by atoms with Gasteiger partial charge >= 0.3 is 328 Å². The number of methoxy groups -OCH3 is 4. The molecule has 0 saturated carbocycles. The average molecular weight is 977 g/mol. The third-order valence-electron chi connectivity index (χ3n) is 8.78. The molecule has 3 aromatic carbocycles. The average Bonchev–Trinajstić information content (AvgIpc) is 3.57. The summed E-state index contributed by atoms with van der Waals surface area (Å²) in [4.78, 5) is 10.1. The van der Waals surface area contributed by atoms with Gasteiger partial charge in [-0.1, -0.05) is 0 Å². The molecule has 6 atom stereocenters. The molecule has 6 rings (SSSR count). The Morgan fingerprint density at radius 1 is 0.714 bits per heavy atom. The molecule has 0 radical (unpaired) electrons. The molecule has 0 spiro atoms. The molecule has 0 bridgehead atoms. The van der Waals surface area contributed by atoms with E-state index >= 15 is 0 Å². The van der Waals surface area contributed by atoms with Gasteiger partial charge in [-0.3, -0.25) is 0 Å². The predicted octanol–water partition coefficient (Wildman–Crippen LogP) is 7.76. The van der Waals surface area contributed by atoms with E-state index in [0.29, 0.717) is 24.0 Å². The van der Waals surface area contributed by atoms with Crippen molar-refractivity contribution in [2.45, 2.75) is 49.8 Å². The summed E-state index contributed by atoms with van der Waals surface area (Å²) in [7, 11) is 6.63. The monoisotopic (exact) mass is 974 g/mol. The molecule has 3 aromatic rings. The van der Waals surface area contributed by atoms with Crippen molar-refractivity contribution in [2.24, 2.45) is 9.98 Å². The molecule has 0 amide bonds. The molecule has 49 heavy (non-hydrogen) atoms. The molecule has 0 fully saturated rings. The molecule has 8 nitrogen and oxygen atoms in total. The van der Waals surface area contributed by atoms with Crippen LogP contribution < -0.4 is 14.2 Å². The number of halogens is 2. The van der Waals surface area contributed by atoms with Crippen LogP contribution in [0.25, 0.3) is 16.7 Å². The van der Waals surface area contributed by atoms with Crippen LogP contribution in [0.2, 0.25) is 0 Å². The van der Waals surface area contributed by atoms with Crippen molar-refractivity contribution < 1.29 is 66.8 Å². The van der Waals surface area contributed by atoms with Crippen LogP contribution in [0, 0.1) is 0 Å². The summed E-state index contributed by atoms with van der Waals surface area (Å²) in [5.74, 6) is 3.28. The van der Waals surface area contributed by atoms with Gasteiger partial charge < -0.3 is 0 Å². The van der Waals surface area contributed by atoms with Crippen molar-refractivity contribution in [1.82, 2.24) is 0 Å². The molecule has 0 N–H and O–H groups in total. The normalized spacial score (nSPS) is 29.3. The van der Waals surface area contributed by atoms with Crippen LogP contribution in [0.1, 0.15) is 31.4 Å². The van der Waals surface area contributed by atoms with E-state index in [-0.39, 0.29) is 14.0 Å². The van der Waals surface area contributed by atoms with Crippen LogP contribution in [-0.4, -0.2) is 69.8 Å². The van der Waals surface area contributed by atoms with Crippen molar-refractivity contribution in [3.05, 3.63) is 95.6 Å². The number of aliphatic imine (C=N–C) groups is 2. The second-order valence-electron chi connectivity index (χ2n) is 12.4. The number of ether oxygens (including phenoxy) is 6. The fraction of sp³-hybridized carbons (Fsp3) is 0.351. The van der Waals surface area contributed by atoms with E-state index in [0.717, 1.165) is 44.9 Å². The third-order valence-corrected chi connectivity index (χ3v) is 13.9. The summed E-state index contributed by atoms with van der Waals surface area (Å²) in [6.45, 7) is 4.15. The zero-order chi connectivity index (χ0) is 35.1. The minimum atomic E-state index is -0.849. The van der Waals surface area contributed by atoms with Gasteiger partial charge in [0.1, 0.15) is 0 Å². The van der Waals surface area contributed by atoms with Crippen molar-refractivity contribution in [3.63, 3.8) is 0 Å². The van der Waals surface area contributed by atoms with Crippen LogP contribution in [0.15, 0.2) is 94.4 Å². The van der Waals surface area contributed by atoms with Crippen LogP contribution in [0.3, 0.4) is 0 Å². The van der Waals surface area contributed by atoms with Gasteiger partial charge in [-0.25, -0.2) is 0 Å². The fourth-order valence-corrected chi connectivity index (χ4v) is 8.16. The topological polar surface area (TPSA) is 80.1 Å². The second-order valence-corrected chi connectivity index (χ2v) is 16.2. The first-order chi connectivity index (χ1) is 23.3. The number of benzene rings is 3. The number of hydrogen-bond donors (Lipinski definition) is 0. The SMILES string of the molecule is COc1cccc(C2=CC(Br)(OC)C(Br)C(C3=N[C@](C)(C[C@@]4(C)N=C(c5cc(OC)cc(-c6cccc(OC)c6)c5)O[CH]4[Pd])[CH]([Pd])O3)=C2)c1.